The van der Waals surface area contributed by atoms with Gasteiger partial charge in [0.1, 0.15) is 0 Å². The topological polar surface area (TPSA) is 80.9 Å². The molecule has 1 aromatic carbocycles. The third kappa shape index (κ3) is 4.50. The van der Waals surface area contributed by atoms with Crippen LogP contribution in [-0.4, -0.2) is 28.4 Å². The number of hydrogen-bond acceptors (Lipinski definition) is 6. The summed E-state index contributed by atoms with van der Waals surface area (Å²) in [6, 6.07) is 10.1. The minimum Gasteiger partial charge on any atom is -0.374 e. The first-order chi connectivity index (χ1) is 9.65. The number of benzene rings is 1. The molecule has 0 radical (unpaired) electrons. The summed E-state index contributed by atoms with van der Waals surface area (Å²) in [5.74, 6) is 0.616. The molecule has 0 aliphatic rings. The molecule has 0 saturated heterocycles. The van der Waals surface area contributed by atoms with E-state index in [0.29, 0.717) is 27.7 Å². The Labute approximate surface area is 126 Å². The Balaban J connectivity index is 1.72. The van der Waals surface area contributed by atoms with Crippen molar-refractivity contribution in [2.24, 2.45) is 0 Å². The van der Waals surface area contributed by atoms with E-state index in [-0.39, 0.29) is 5.91 Å². The summed E-state index contributed by atoms with van der Waals surface area (Å²) in [4.78, 5) is 11.8. The third-order valence-electron chi connectivity index (χ3n) is 2.72. The van der Waals surface area contributed by atoms with Crippen molar-refractivity contribution in [1.29, 1.82) is 0 Å². The highest BCUT2D eigenvalue weighted by atomic mass is 32.2. The molecule has 1 unspecified atom stereocenters. The second kappa shape index (κ2) is 7.25. The molecule has 1 amide bonds. The highest BCUT2D eigenvalue weighted by Gasteiger charge is 2.09. The maximum atomic E-state index is 11.8. The van der Waals surface area contributed by atoms with Crippen LogP contribution in [0.25, 0.3) is 0 Å². The number of anilines is 1. The summed E-state index contributed by atoms with van der Waals surface area (Å²) in [7, 11) is 0. The number of nitrogens with one attached hydrogen (secondary N) is 1. The van der Waals surface area contributed by atoms with Crippen molar-refractivity contribution in [3.63, 3.8) is 0 Å². The number of nitrogen functional groups attached to an aromatic ring is 1. The van der Waals surface area contributed by atoms with Gasteiger partial charge in [0.05, 0.1) is 5.75 Å². The van der Waals surface area contributed by atoms with E-state index in [9.17, 15) is 4.79 Å². The normalized spacial score (nSPS) is 12.1. The molecule has 1 atom stereocenters. The predicted octanol–water partition coefficient (Wildman–Crippen LogP) is 2.13. The predicted molar refractivity (Wildman–Crippen MR) is 82.9 cm³/mol. The SMILES string of the molecule is CC(CNC(=O)CSc1nnc(N)s1)c1ccccc1. The quantitative estimate of drug-likeness (QED) is 0.799. The van der Waals surface area contributed by atoms with Crippen LogP contribution in [0.5, 0.6) is 0 Å². The van der Waals surface area contributed by atoms with Gasteiger partial charge in [-0.2, -0.15) is 0 Å². The van der Waals surface area contributed by atoms with E-state index in [4.69, 9.17) is 5.73 Å². The Kier molecular flexibility index (Phi) is 5.37. The Morgan fingerprint density at radius 2 is 2.15 bits per heavy atom. The van der Waals surface area contributed by atoms with Gasteiger partial charge in [0.25, 0.3) is 0 Å². The third-order valence-corrected chi connectivity index (χ3v) is 4.61. The zero-order valence-corrected chi connectivity index (χ0v) is 12.7. The molecule has 0 saturated carbocycles. The average Bonchev–Trinajstić information content (AvgIpc) is 2.89. The molecular weight excluding hydrogens is 292 g/mol. The summed E-state index contributed by atoms with van der Waals surface area (Å²) in [6.07, 6.45) is 0. The van der Waals surface area contributed by atoms with E-state index in [1.54, 1.807) is 0 Å². The molecule has 106 valence electrons. The zero-order chi connectivity index (χ0) is 14.4. The second-order valence-corrected chi connectivity index (χ2v) is 6.54. The number of amides is 1. The van der Waals surface area contributed by atoms with Crippen molar-refractivity contribution >= 4 is 34.1 Å². The van der Waals surface area contributed by atoms with Gasteiger partial charge >= 0.3 is 0 Å². The van der Waals surface area contributed by atoms with E-state index < -0.39 is 0 Å². The zero-order valence-electron chi connectivity index (χ0n) is 11.1. The fraction of sp³-hybridized carbons (Fsp3) is 0.308. The number of carbonyl (C=O) groups excluding carboxylic acids is 1. The molecule has 2 rings (SSSR count). The number of rotatable bonds is 6. The van der Waals surface area contributed by atoms with Gasteiger partial charge in [-0.15, -0.1) is 10.2 Å². The first kappa shape index (κ1) is 14.8. The molecular formula is C13H16N4OS2. The molecule has 0 bridgehead atoms. The van der Waals surface area contributed by atoms with E-state index in [1.165, 1.54) is 28.7 Å². The van der Waals surface area contributed by atoms with Crippen LogP contribution in [0.1, 0.15) is 18.4 Å². The minimum atomic E-state index is -0.00782. The van der Waals surface area contributed by atoms with Crippen molar-refractivity contribution in [1.82, 2.24) is 15.5 Å². The number of nitrogens with two attached hydrogens (primary N) is 1. The lowest BCUT2D eigenvalue weighted by atomic mass is 10.0. The van der Waals surface area contributed by atoms with Crippen molar-refractivity contribution in [3.05, 3.63) is 35.9 Å². The lowest BCUT2D eigenvalue weighted by Gasteiger charge is -2.12. The van der Waals surface area contributed by atoms with Crippen LogP contribution < -0.4 is 11.1 Å². The van der Waals surface area contributed by atoms with Gasteiger partial charge in [-0.3, -0.25) is 4.79 Å². The smallest absolute Gasteiger partial charge is 0.230 e. The van der Waals surface area contributed by atoms with Gasteiger partial charge in [-0.25, -0.2) is 0 Å². The summed E-state index contributed by atoms with van der Waals surface area (Å²) in [5, 5.41) is 10.9. The Bertz CT molecular complexity index is 559. The van der Waals surface area contributed by atoms with E-state index in [1.807, 2.05) is 18.2 Å². The van der Waals surface area contributed by atoms with Crippen LogP contribution in [-0.2, 0) is 4.79 Å². The van der Waals surface area contributed by atoms with Gasteiger partial charge in [0, 0.05) is 6.54 Å². The van der Waals surface area contributed by atoms with E-state index in [2.05, 4.69) is 34.6 Å². The fourth-order valence-electron chi connectivity index (χ4n) is 1.62. The van der Waals surface area contributed by atoms with Crippen LogP contribution in [0.15, 0.2) is 34.7 Å². The molecule has 0 spiro atoms. The molecule has 3 N–H and O–H groups in total. The standard InChI is InChI=1S/C13H16N4OS2/c1-9(10-5-3-2-4-6-10)7-15-11(18)8-19-13-17-16-12(14)20-13/h2-6,9H,7-8H2,1H3,(H2,14,16)(H,15,18). The molecule has 0 fully saturated rings. The molecule has 0 aliphatic carbocycles. The van der Waals surface area contributed by atoms with Crippen molar-refractivity contribution in [2.75, 3.05) is 18.0 Å². The van der Waals surface area contributed by atoms with E-state index in [0.717, 1.165) is 0 Å². The lowest BCUT2D eigenvalue weighted by molar-refractivity contribution is -0.118. The molecule has 20 heavy (non-hydrogen) atoms. The maximum Gasteiger partial charge on any atom is 0.230 e. The summed E-state index contributed by atoms with van der Waals surface area (Å²) >= 11 is 2.64. The van der Waals surface area contributed by atoms with Crippen LogP contribution >= 0.6 is 23.1 Å². The number of thioether (sulfide) groups is 1. The molecule has 1 aromatic heterocycles. The number of aromatic nitrogens is 2. The number of nitrogens with zero attached hydrogens (tertiary/aromatic N) is 2. The summed E-state index contributed by atoms with van der Waals surface area (Å²) < 4.78 is 0.716. The average molecular weight is 308 g/mol. The van der Waals surface area contributed by atoms with Gasteiger partial charge in [0.2, 0.25) is 11.0 Å². The highest BCUT2D eigenvalue weighted by molar-refractivity contribution is 8.01. The number of carbonyl (C=O) groups is 1. The van der Waals surface area contributed by atoms with Gasteiger partial charge in [0.15, 0.2) is 4.34 Å². The number of hydrogen-bond donors (Lipinski definition) is 2. The molecule has 1 heterocycles. The molecule has 0 aliphatic heterocycles. The van der Waals surface area contributed by atoms with Gasteiger partial charge in [-0.1, -0.05) is 60.4 Å². The van der Waals surface area contributed by atoms with Crippen molar-refractivity contribution < 1.29 is 4.79 Å². The fourth-order valence-corrected chi connectivity index (χ4v) is 3.09. The van der Waals surface area contributed by atoms with Crippen molar-refractivity contribution in [2.45, 2.75) is 17.2 Å². The molecule has 2 aromatic rings. The lowest BCUT2D eigenvalue weighted by Crippen LogP contribution is -2.28. The van der Waals surface area contributed by atoms with E-state index >= 15 is 0 Å². The molecule has 5 nitrogen and oxygen atoms in total. The van der Waals surface area contributed by atoms with Crippen molar-refractivity contribution in [3.8, 4) is 0 Å². The van der Waals surface area contributed by atoms with Gasteiger partial charge in [-0.05, 0) is 11.5 Å². The first-order valence-electron chi connectivity index (χ1n) is 6.18. The first-order valence-corrected chi connectivity index (χ1v) is 7.99. The van der Waals surface area contributed by atoms with Crippen LogP contribution in [0.4, 0.5) is 5.13 Å². The Morgan fingerprint density at radius 1 is 1.40 bits per heavy atom. The summed E-state index contributed by atoms with van der Waals surface area (Å²) in [6.45, 7) is 2.72. The van der Waals surface area contributed by atoms with Gasteiger partial charge < -0.3 is 11.1 Å². The second-order valence-electron chi connectivity index (χ2n) is 4.31. The maximum absolute atomic E-state index is 11.8. The van der Waals surface area contributed by atoms with Crippen LogP contribution in [0.2, 0.25) is 0 Å². The largest absolute Gasteiger partial charge is 0.374 e. The van der Waals surface area contributed by atoms with Crippen LogP contribution in [0.3, 0.4) is 0 Å². The summed E-state index contributed by atoms with van der Waals surface area (Å²) in [5.41, 5.74) is 6.70. The minimum absolute atomic E-state index is 0.00782. The Morgan fingerprint density at radius 3 is 2.80 bits per heavy atom. The van der Waals surface area contributed by atoms with Crippen LogP contribution in [0, 0.1) is 0 Å². The highest BCUT2D eigenvalue weighted by Crippen LogP contribution is 2.23. The molecule has 7 heteroatoms. The Hall–Kier alpha value is -1.60. The monoisotopic (exact) mass is 308 g/mol.